The van der Waals surface area contributed by atoms with Crippen LogP contribution in [-0.4, -0.2) is 0 Å². The Bertz CT molecular complexity index is 594. The van der Waals surface area contributed by atoms with Gasteiger partial charge >= 0.3 is 0 Å². The van der Waals surface area contributed by atoms with Crippen LogP contribution in [0.5, 0.6) is 0 Å². The topological polar surface area (TPSA) is 0 Å². The molecule has 0 N–H and O–H groups in total. The summed E-state index contributed by atoms with van der Waals surface area (Å²) in [6.07, 6.45) is 13.0. The predicted octanol–water partition coefficient (Wildman–Crippen LogP) is 7.68. The summed E-state index contributed by atoms with van der Waals surface area (Å²) >= 11 is 0. The number of benzene rings is 1. The van der Waals surface area contributed by atoms with Crippen molar-refractivity contribution in [1.29, 1.82) is 0 Å². The SMILES string of the molecule is CCC1CCC(CCC2CCC(c3c(F)cc(C)c(F)c3F)CC2)CC1. The van der Waals surface area contributed by atoms with Crippen LogP contribution >= 0.6 is 0 Å². The molecule has 0 aromatic heterocycles. The zero-order chi connectivity index (χ0) is 18.7. The van der Waals surface area contributed by atoms with Crippen LogP contribution in [0.4, 0.5) is 13.2 Å². The van der Waals surface area contributed by atoms with E-state index in [1.54, 1.807) is 0 Å². The minimum Gasteiger partial charge on any atom is -0.207 e. The fourth-order valence-corrected chi connectivity index (χ4v) is 5.24. The molecule has 0 saturated heterocycles. The normalized spacial score (nSPS) is 29.7. The summed E-state index contributed by atoms with van der Waals surface area (Å²) in [6.45, 7) is 3.71. The lowest BCUT2D eigenvalue weighted by atomic mass is 9.74. The number of rotatable bonds is 5. The second kappa shape index (κ2) is 8.80. The van der Waals surface area contributed by atoms with E-state index in [9.17, 15) is 13.2 Å². The highest BCUT2D eigenvalue weighted by molar-refractivity contribution is 5.30. The molecule has 146 valence electrons. The van der Waals surface area contributed by atoms with Crippen LogP contribution in [0.3, 0.4) is 0 Å². The van der Waals surface area contributed by atoms with Gasteiger partial charge < -0.3 is 0 Å². The molecule has 0 nitrogen and oxygen atoms in total. The summed E-state index contributed by atoms with van der Waals surface area (Å²) in [5.41, 5.74) is 0.0414. The van der Waals surface area contributed by atoms with Crippen molar-refractivity contribution in [2.24, 2.45) is 17.8 Å². The number of hydrogen-bond donors (Lipinski definition) is 0. The van der Waals surface area contributed by atoms with Crippen LogP contribution < -0.4 is 0 Å². The second-order valence-corrected chi connectivity index (χ2v) is 8.81. The molecule has 2 saturated carbocycles. The Kier molecular flexibility index (Phi) is 6.69. The van der Waals surface area contributed by atoms with Gasteiger partial charge in [0.25, 0.3) is 0 Å². The molecule has 0 amide bonds. The van der Waals surface area contributed by atoms with Crippen molar-refractivity contribution in [1.82, 2.24) is 0 Å². The molecule has 0 unspecified atom stereocenters. The van der Waals surface area contributed by atoms with Gasteiger partial charge in [-0.2, -0.15) is 0 Å². The molecule has 26 heavy (non-hydrogen) atoms. The molecule has 1 aromatic rings. The summed E-state index contributed by atoms with van der Waals surface area (Å²) in [6, 6.07) is 1.15. The van der Waals surface area contributed by atoms with Gasteiger partial charge in [-0.15, -0.1) is 0 Å². The van der Waals surface area contributed by atoms with E-state index in [0.29, 0.717) is 5.92 Å². The average molecular weight is 367 g/mol. The summed E-state index contributed by atoms with van der Waals surface area (Å²) in [7, 11) is 0. The first-order chi connectivity index (χ1) is 12.5. The molecule has 2 fully saturated rings. The van der Waals surface area contributed by atoms with Gasteiger partial charge in [-0.05, 0) is 67.9 Å². The summed E-state index contributed by atoms with van der Waals surface area (Å²) in [4.78, 5) is 0. The highest BCUT2D eigenvalue weighted by atomic mass is 19.2. The van der Waals surface area contributed by atoms with E-state index < -0.39 is 17.5 Å². The predicted molar refractivity (Wildman–Crippen MR) is 101 cm³/mol. The first-order valence-electron chi connectivity index (χ1n) is 10.6. The molecular formula is C23H33F3. The van der Waals surface area contributed by atoms with E-state index in [2.05, 4.69) is 6.92 Å². The Balaban J connectivity index is 1.49. The maximum absolute atomic E-state index is 14.2. The van der Waals surface area contributed by atoms with Crippen LogP contribution in [0, 0.1) is 42.1 Å². The lowest BCUT2D eigenvalue weighted by Crippen LogP contribution is -2.19. The quantitative estimate of drug-likeness (QED) is 0.469. The van der Waals surface area contributed by atoms with E-state index in [1.165, 1.54) is 51.9 Å². The largest absolute Gasteiger partial charge is 0.207 e. The van der Waals surface area contributed by atoms with E-state index >= 15 is 0 Å². The van der Waals surface area contributed by atoms with Crippen molar-refractivity contribution < 1.29 is 13.2 Å². The Morgan fingerprint density at radius 1 is 0.769 bits per heavy atom. The van der Waals surface area contributed by atoms with Crippen molar-refractivity contribution in [3.63, 3.8) is 0 Å². The highest BCUT2D eigenvalue weighted by Crippen LogP contribution is 2.41. The molecule has 0 heterocycles. The van der Waals surface area contributed by atoms with Crippen molar-refractivity contribution in [2.75, 3.05) is 0 Å². The fraction of sp³-hybridized carbons (Fsp3) is 0.739. The molecule has 0 atom stereocenters. The molecular weight excluding hydrogens is 333 g/mol. The zero-order valence-corrected chi connectivity index (χ0v) is 16.3. The van der Waals surface area contributed by atoms with E-state index in [4.69, 9.17) is 0 Å². The number of halogens is 3. The van der Waals surface area contributed by atoms with Gasteiger partial charge in [-0.25, -0.2) is 13.2 Å². The average Bonchev–Trinajstić information content (AvgIpc) is 2.66. The number of hydrogen-bond acceptors (Lipinski definition) is 0. The minimum atomic E-state index is -0.960. The molecule has 3 rings (SSSR count). The Hall–Kier alpha value is -0.990. The maximum Gasteiger partial charge on any atom is 0.165 e. The van der Waals surface area contributed by atoms with Crippen molar-refractivity contribution in [2.45, 2.75) is 90.4 Å². The molecule has 3 heteroatoms. The molecule has 0 aliphatic heterocycles. The molecule has 2 aliphatic carbocycles. The summed E-state index contributed by atoms with van der Waals surface area (Å²) in [5, 5.41) is 0. The maximum atomic E-state index is 14.2. The first kappa shape index (κ1) is 19.8. The van der Waals surface area contributed by atoms with Gasteiger partial charge in [0.2, 0.25) is 0 Å². The molecule has 2 aliphatic rings. The van der Waals surface area contributed by atoms with Gasteiger partial charge in [0, 0.05) is 5.56 Å². The summed E-state index contributed by atoms with van der Waals surface area (Å²) < 4.78 is 42.3. The third kappa shape index (κ3) is 4.46. The van der Waals surface area contributed by atoms with Gasteiger partial charge in [-0.1, -0.05) is 51.9 Å². The number of aryl methyl sites for hydroxylation is 1. The fourth-order valence-electron chi connectivity index (χ4n) is 5.24. The molecule has 1 aromatic carbocycles. The Morgan fingerprint density at radius 2 is 1.27 bits per heavy atom. The van der Waals surface area contributed by atoms with Crippen LogP contribution in [-0.2, 0) is 0 Å². The van der Waals surface area contributed by atoms with E-state index in [0.717, 1.165) is 43.6 Å². The highest BCUT2D eigenvalue weighted by Gasteiger charge is 2.29. The van der Waals surface area contributed by atoms with E-state index in [-0.39, 0.29) is 17.0 Å². The Morgan fingerprint density at radius 3 is 1.81 bits per heavy atom. The van der Waals surface area contributed by atoms with Crippen LogP contribution in [0.2, 0.25) is 0 Å². The molecule has 0 radical (unpaired) electrons. The molecule has 0 bridgehead atoms. The Labute approximate surface area is 156 Å². The standard InChI is InChI=1S/C23H33F3/c1-3-16-4-6-17(7-5-16)8-9-18-10-12-19(13-11-18)21-20(24)14-15(2)22(25)23(21)26/h14,16-19H,3-13H2,1-2H3. The molecule has 0 spiro atoms. The van der Waals surface area contributed by atoms with Gasteiger partial charge in [0.1, 0.15) is 5.82 Å². The van der Waals surface area contributed by atoms with Crippen LogP contribution in [0.25, 0.3) is 0 Å². The van der Waals surface area contributed by atoms with Gasteiger partial charge in [0.05, 0.1) is 0 Å². The van der Waals surface area contributed by atoms with Crippen molar-refractivity contribution >= 4 is 0 Å². The van der Waals surface area contributed by atoms with E-state index in [1.807, 2.05) is 0 Å². The van der Waals surface area contributed by atoms with Gasteiger partial charge in [0.15, 0.2) is 11.6 Å². The minimum absolute atomic E-state index is 0.00978. The van der Waals surface area contributed by atoms with Crippen molar-refractivity contribution in [3.05, 3.63) is 34.6 Å². The third-order valence-corrected chi connectivity index (χ3v) is 7.16. The monoisotopic (exact) mass is 366 g/mol. The smallest absolute Gasteiger partial charge is 0.165 e. The van der Waals surface area contributed by atoms with Crippen LogP contribution in [0.15, 0.2) is 6.07 Å². The second-order valence-electron chi connectivity index (χ2n) is 8.81. The van der Waals surface area contributed by atoms with Gasteiger partial charge in [-0.3, -0.25) is 0 Å². The van der Waals surface area contributed by atoms with Crippen LogP contribution in [0.1, 0.15) is 94.6 Å². The first-order valence-corrected chi connectivity index (χ1v) is 10.6. The van der Waals surface area contributed by atoms with Crippen molar-refractivity contribution in [3.8, 4) is 0 Å². The third-order valence-electron chi connectivity index (χ3n) is 7.16. The zero-order valence-electron chi connectivity index (χ0n) is 16.3. The summed E-state index contributed by atoms with van der Waals surface area (Å²) in [5.74, 6) is -0.0710. The lowest BCUT2D eigenvalue weighted by Gasteiger charge is -2.32. The lowest BCUT2D eigenvalue weighted by molar-refractivity contribution is 0.226.